The molecule has 0 heterocycles. The average molecular weight is 269 g/mol. The smallest absolute Gasteiger partial charge is 0.164 e. The van der Waals surface area contributed by atoms with Crippen LogP contribution in [0.3, 0.4) is 0 Å². The van der Waals surface area contributed by atoms with Crippen LogP contribution in [0.4, 0.5) is 0 Å². The van der Waals surface area contributed by atoms with Crippen molar-refractivity contribution in [1.82, 2.24) is 0 Å². The Morgan fingerprint density at radius 1 is 1.33 bits per heavy atom. The third-order valence-corrected chi connectivity index (χ3v) is 3.51. The largest absolute Gasteiger partial charge is 0.294 e. The molecule has 1 aromatic rings. The summed E-state index contributed by atoms with van der Waals surface area (Å²) in [5, 5.41) is 0. The molecule has 0 saturated carbocycles. The van der Waals surface area contributed by atoms with Crippen molar-refractivity contribution in [3.8, 4) is 0 Å². The van der Waals surface area contributed by atoms with Crippen LogP contribution in [-0.4, -0.2) is 5.78 Å². The summed E-state index contributed by atoms with van der Waals surface area (Å²) in [6.45, 7) is 6.15. The minimum Gasteiger partial charge on any atom is -0.294 e. The van der Waals surface area contributed by atoms with Gasteiger partial charge in [0, 0.05) is 16.5 Å². The lowest BCUT2D eigenvalue weighted by atomic mass is 10.0. The van der Waals surface area contributed by atoms with Crippen LogP contribution < -0.4 is 0 Å². The van der Waals surface area contributed by atoms with E-state index in [2.05, 4.69) is 28.9 Å². The zero-order valence-corrected chi connectivity index (χ0v) is 11.1. The minimum atomic E-state index is 0.246. The van der Waals surface area contributed by atoms with Crippen LogP contribution in [0.1, 0.15) is 47.7 Å². The van der Waals surface area contributed by atoms with Crippen molar-refractivity contribution in [3.63, 3.8) is 0 Å². The van der Waals surface area contributed by atoms with Gasteiger partial charge in [0.25, 0.3) is 0 Å². The quantitative estimate of drug-likeness (QED) is 0.738. The fourth-order valence-electron chi connectivity index (χ4n) is 1.62. The van der Waals surface area contributed by atoms with Crippen molar-refractivity contribution in [3.05, 3.63) is 33.3 Å². The monoisotopic (exact) mass is 268 g/mol. The molecule has 0 bridgehead atoms. The number of halogens is 1. The predicted molar refractivity (Wildman–Crippen MR) is 67.5 cm³/mol. The average Bonchev–Trinajstić information content (AvgIpc) is 2.19. The first kappa shape index (κ1) is 12.4. The van der Waals surface area contributed by atoms with E-state index in [1.165, 1.54) is 0 Å². The van der Waals surface area contributed by atoms with E-state index in [1.54, 1.807) is 0 Å². The van der Waals surface area contributed by atoms with E-state index in [1.807, 2.05) is 19.9 Å². The maximum Gasteiger partial charge on any atom is 0.164 e. The van der Waals surface area contributed by atoms with Gasteiger partial charge in [-0.15, -0.1) is 0 Å². The van der Waals surface area contributed by atoms with E-state index in [9.17, 15) is 4.79 Å². The van der Waals surface area contributed by atoms with E-state index in [4.69, 9.17) is 0 Å². The summed E-state index contributed by atoms with van der Waals surface area (Å²) in [5.41, 5.74) is 3.12. The van der Waals surface area contributed by atoms with Gasteiger partial charge in [-0.2, -0.15) is 0 Å². The van der Waals surface area contributed by atoms with Crippen LogP contribution in [-0.2, 0) is 0 Å². The first-order valence-corrected chi connectivity index (χ1v) is 6.15. The number of hydrogen-bond acceptors (Lipinski definition) is 1. The summed E-state index contributed by atoms with van der Waals surface area (Å²) < 4.78 is 0.953. The van der Waals surface area contributed by atoms with Gasteiger partial charge in [-0.3, -0.25) is 4.79 Å². The summed E-state index contributed by atoms with van der Waals surface area (Å²) in [4.78, 5) is 11.9. The van der Waals surface area contributed by atoms with E-state index in [0.717, 1.165) is 34.0 Å². The number of benzene rings is 1. The molecule has 0 N–H and O–H groups in total. The first-order valence-electron chi connectivity index (χ1n) is 5.36. The Kier molecular flexibility index (Phi) is 4.52. The zero-order chi connectivity index (χ0) is 11.4. The van der Waals surface area contributed by atoms with Crippen LogP contribution in [0, 0.1) is 13.8 Å². The van der Waals surface area contributed by atoms with Crippen LogP contribution in [0.15, 0.2) is 16.6 Å². The lowest BCUT2D eigenvalue weighted by Crippen LogP contribution is -2.01. The summed E-state index contributed by atoms with van der Waals surface area (Å²) >= 11 is 3.49. The molecule has 0 aliphatic heterocycles. The molecule has 0 saturated heterocycles. The van der Waals surface area contributed by atoms with Gasteiger partial charge in [-0.25, -0.2) is 0 Å². The number of rotatable bonds is 4. The molecule has 0 atom stereocenters. The number of unbranched alkanes of at least 4 members (excludes halogenated alkanes) is 1. The third-order valence-electron chi connectivity index (χ3n) is 2.46. The molecule has 0 aromatic heterocycles. The van der Waals surface area contributed by atoms with Gasteiger partial charge < -0.3 is 0 Å². The van der Waals surface area contributed by atoms with Crippen molar-refractivity contribution in [2.75, 3.05) is 0 Å². The number of ketones is 1. The number of Topliss-reactive ketones (excluding diaryl/α,β-unsaturated/α-hetero) is 1. The van der Waals surface area contributed by atoms with E-state index < -0.39 is 0 Å². The summed E-state index contributed by atoms with van der Waals surface area (Å²) in [7, 11) is 0. The highest BCUT2D eigenvalue weighted by Crippen LogP contribution is 2.24. The molecule has 0 unspecified atom stereocenters. The lowest BCUT2D eigenvalue weighted by molar-refractivity contribution is 0.0979. The van der Waals surface area contributed by atoms with Crippen LogP contribution >= 0.6 is 15.9 Å². The maximum absolute atomic E-state index is 11.9. The van der Waals surface area contributed by atoms with Gasteiger partial charge in [0.05, 0.1) is 0 Å². The number of carbonyl (C=O) groups is 1. The molecule has 15 heavy (non-hydrogen) atoms. The fraction of sp³-hybridized carbons (Fsp3) is 0.462. The molecule has 1 nitrogen and oxygen atoms in total. The lowest BCUT2D eigenvalue weighted by Gasteiger charge is -2.07. The van der Waals surface area contributed by atoms with Crippen molar-refractivity contribution < 1.29 is 4.79 Å². The Labute approximate surface area is 100 Å². The van der Waals surface area contributed by atoms with Crippen molar-refractivity contribution in [2.24, 2.45) is 0 Å². The Bertz CT molecular complexity index is 369. The predicted octanol–water partition coefficient (Wildman–Crippen LogP) is 4.44. The molecular formula is C13H17BrO. The van der Waals surface area contributed by atoms with Gasteiger partial charge in [0.15, 0.2) is 5.78 Å². The van der Waals surface area contributed by atoms with Gasteiger partial charge in [0.2, 0.25) is 0 Å². The van der Waals surface area contributed by atoms with Crippen LogP contribution in [0.2, 0.25) is 0 Å². The Morgan fingerprint density at radius 2 is 2.00 bits per heavy atom. The molecule has 2 heteroatoms. The van der Waals surface area contributed by atoms with Crippen LogP contribution in [0.5, 0.6) is 0 Å². The van der Waals surface area contributed by atoms with Crippen molar-refractivity contribution in [2.45, 2.75) is 40.0 Å². The second-order valence-corrected chi connectivity index (χ2v) is 4.76. The number of hydrogen-bond donors (Lipinski definition) is 0. The second kappa shape index (κ2) is 5.45. The molecule has 82 valence electrons. The summed E-state index contributed by atoms with van der Waals surface area (Å²) in [5.74, 6) is 0.246. The van der Waals surface area contributed by atoms with E-state index >= 15 is 0 Å². The van der Waals surface area contributed by atoms with Gasteiger partial charge in [-0.05, 0) is 47.8 Å². The summed E-state index contributed by atoms with van der Waals surface area (Å²) in [6.07, 6.45) is 2.68. The molecule has 0 amide bonds. The normalized spacial score (nSPS) is 10.4. The molecule has 0 aliphatic rings. The first-order chi connectivity index (χ1) is 7.06. The molecule has 0 fully saturated rings. The van der Waals surface area contributed by atoms with Gasteiger partial charge in [-0.1, -0.05) is 25.0 Å². The molecule has 1 rings (SSSR count). The highest BCUT2D eigenvalue weighted by atomic mass is 79.9. The molecule has 0 radical (unpaired) electrons. The SMILES string of the molecule is CCCCC(=O)c1cc(C)cc(C)c1Br. The highest BCUT2D eigenvalue weighted by Gasteiger charge is 2.11. The minimum absolute atomic E-state index is 0.246. The standard InChI is InChI=1S/C13H17BrO/c1-4-5-6-12(15)11-8-9(2)7-10(3)13(11)14/h7-8H,4-6H2,1-3H3. The van der Waals surface area contributed by atoms with Gasteiger partial charge in [0.1, 0.15) is 0 Å². The molecule has 1 aromatic carbocycles. The molecular weight excluding hydrogens is 252 g/mol. The Morgan fingerprint density at radius 3 is 2.60 bits per heavy atom. The van der Waals surface area contributed by atoms with Crippen molar-refractivity contribution >= 4 is 21.7 Å². The zero-order valence-electron chi connectivity index (χ0n) is 9.56. The van der Waals surface area contributed by atoms with E-state index in [-0.39, 0.29) is 5.78 Å². The van der Waals surface area contributed by atoms with Gasteiger partial charge >= 0.3 is 0 Å². The highest BCUT2D eigenvalue weighted by molar-refractivity contribution is 9.10. The number of aryl methyl sites for hydroxylation is 2. The second-order valence-electron chi connectivity index (χ2n) is 3.97. The number of carbonyl (C=O) groups excluding carboxylic acids is 1. The Hall–Kier alpha value is -0.630. The van der Waals surface area contributed by atoms with E-state index in [0.29, 0.717) is 6.42 Å². The summed E-state index contributed by atoms with van der Waals surface area (Å²) in [6, 6.07) is 4.05. The van der Waals surface area contributed by atoms with Crippen molar-refractivity contribution in [1.29, 1.82) is 0 Å². The Balaban J connectivity index is 2.98. The maximum atomic E-state index is 11.9. The fourth-order valence-corrected chi connectivity index (χ4v) is 2.07. The van der Waals surface area contributed by atoms with Crippen LogP contribution in [0.25, 0.3) is 0 Å². The molecule has 0 spiro atoms. The third kappa shape index (κ3) is 3.16. The molecule has 0 aliphatic carbocycles. The topological polar surface area (TPSA) is 17.1 Å².